The Morgan fingerprint density at radius 1 is 1.26 bits per heavy atom. The van der Waals surface area contributed by atoms with Crippen LogP contribution in [-0.2, 0) is 0 Å². The molecule has 1 saturated heterocycles. The van der Waals surface area contributed by atoms with Crippen molar-refractivity contribution in [2.45, 2.75) is 38.3 Å². The molecule has 19 heavy (non-hydrogen) atoms. The molecule has 106 valence electrons. The maximum Gasteiger partial charge on any atom is 0.123 e. The van der Waals surface area contributed by atoms with Gasteiger partial charge in [-0.1, -0.05) is 18.2 Å². The van der Waals surface area contributed by atoms with E-state index in [0.717, 1.165) is 18.8 Å². The van der Waals surface area contributed by atoms with E-state index in [2.05, 4.69) is 36.3 Å². The summed E-state index contributed by atoms with van der Waals surface area (Å²) in [6, 6.07) is 9.40. The lowest BCUT2D eigenvalue weighted by Gasteiger charge is -2.33. The zero-order valence-corrected chi connectivity index (χ0v) is 12.4. The van der Waals surface area contributed by atoms with Crippen LogP contribution in [0.25, 0.3) is 0 Å². The summed E-state index contributed by atoms with van der Waals surface area (Å²) in [7, 11) is 3.99. The highest BCUT2D eigenvalue weighted by Gasteiger charge is 2.23. The molecule has 0 saturated carbocycles. The molecule has 0 spiro atoms. The topological polar surface area (TPSA) is 24.5 Å². The van der Waals surface area contributed by atoms with Crippen molar-refractivity contribution in [2.75, 3.05) is 27.2 Å². The first-order valence-electron chi connectivity index (χ1n) is 7.29. The van der Waals surface area contributed by atoms with E-state index in [1.54, 1.807) is 7.11 Å². The Labute approximate surface area is 116 Å². The van der Waals surface area contributed by atoms with Gasteiger partial charge in [-0.25, -0.2) is 0 Å². The van der Waals surface area contributed by atoms with Gasteiger partial charge in [0.1, 0.15) is 5.75 Å². The van der Waals surface area contributed by atoms with E-state index in [-0.39, 0.29) is 0 Å². The van der Waals surface area contributed by atoms with Crippen molar-refractivity contribution in [1.29, 1.82) is 0 Å². The SMILES string of the molecule is COc1ccccc1C(C)N(C)C1CCCNCC1. The number of nitrogens with one attached hydrogen (secondary N) is 1. The van der Waals surface area contributed by atoms with Crippen LogP contribution in [0.3, 0.4) is 0 Å². The highest BCUT2D eigenvalue weighted by molar-refractivity contribution is 5.35. The molecule has 0 aliphatic carbocycles. The number of para-hydroxylation sites is 1. The molecule has 1 fully saturated rings. The van der Waals surface area contributed by atoms with Crippen molar-refractivity contribution in [3.05, 3.63) is 29.8 Å². The highest BCUT2D eigenvalue weighted by Crippen LogP contribution is 2.30. The summed E-state index contributed by atoms with van der Waals surface area (Å²) in [5.41, 5.74) is 1.28. The van der Waals surface area contributed by atoms with Crippen molar-refractivity contribution in [1.82, 2.24) is 10.2 Å². The Bertz CT molecular complexity index is 386. The van der Waals surface area contributed by atoms with E-state index in [1.807, 2.05) is 12.1 Å². The van der Waals surface area contributed by atoms with E-state index >= 15 is 0 Å². The molecule has 1 N–H and O–H groups in total. The summed E-state index contributed by atoms with van der Waals surface area (Å²) in [6.45, 7) is 4.57. The number of ether oxygens (including phenoxy) is 1. The normalized spacial score (nSPS) is 22.0. The van der Waals surface area contributed by atoms with Gasteiger partial charge in [0.15, 0.2) is 0 Å². The van der Waals surface area contributed by atoms with Gasteiger partial charge in [-0.05, 0) is 52.4 Å². The molecule has 1 heterocycles. The van der Waals surface area contributed by atoms with Crippen molar-refractivity contribution >= 4 is 0 Å². The zero-order chi connectivity index (χ0) is 13.7. The minimum Gasteiger partial charge on any atom is -0.496 e. The molecule has 0 amide bonds. The lowest BCUT2D eigenvalue weighted by atomic mass is 10.0. The van der Waals surface area contributed by atoms with Crippen LogP contribution in [0.5, 0.6) is 5.75 Å². The first-order chi connectivity index (χ1) is 9.24. The van der Waals surface area contributed by atoms with Crippen molar-refractivity contribution in [2.24, 2.45) is 0 Å². The van der Waals surface area contributed by atoms with Gasteiger partial charge < -0.3 is 10.1 Å². The fourth-order valence-electron chi connectivity index (χ4n) is 2.96. The van der Waals surface area contributed by atoms with E-state index in [0.29, 0.717) is 12.1 Å². The Morgan fingerprint density at radius 3 is 2.84 bits per heavy atom. The number of hydrogen-bond donors (Lipinski definition) is 1. The molecule has 0 bridgehead atoms. The fourth-order valence-corrected chi connectivity index (χ4v) is 2.96. The third-order valence-electron chi connectivity index (χ3n) is 4.32. The fraction of sp³-hybridized carbons (Fsp3) is 0.625. The third-order valence-corrected chi connectivity index (χ3v) is 4.32. The molecule has 2 unspecified atom stereocenters. The largest absolute Gasteiger partial charge is 0.496 e. The van der Waals surface area contributed by atoms with Crippen LogP contribution in [0.2, 0.25) is 0 Å². The van der Waals surface area contributed by atoms with E-state index in [9.17, 15) is 0 Å². The van der Waals surface area contributed by atoms with Gasteiger partial charge in [0.2, 0.25) is 0 Å². The quantitative estimate of drug-likeness (QED) is 0.903. The maximum atomic E-state index is 5.49. The minimum absolute atomic E-state index is 0.388. The number of methoxy groups -OCH3 is 1. The van der Waals surface area contributed by atoms with E-state index in [1.165, 1.54) is 24.8 Å². The molecule has 0 radical (unpaired) electrons. The van der Waals surface area contributed by atoms with Gasteiger partial charge >= 0.3 is 0 Å². The standard InChI is InChI=1S/C16H26N2O/c1-13(15-8-4-5-9-16(15)19-3)18(2)14-7-6-11-17-12-10-14/h4-5,8-9,13-14,17H,6-7,10-12H2,1-3H3. The molecule has 1 aliphatic rings. The van der Waals surface area contributed by atoms with E-state index < -0.39 is 0 Å². The average molecular weight is 262 g/mol. The monoisotopic (exact) mass is 262 g/mol. The second-order valence-corrected chi connectivity index (χ2v) is 5.42. The van der Waals surface area contributed by atoms with Gasteiger partial charge in [-0.3, -0.25) is 4.90 Å². The molecule has 3 heteroatoms. The summed E-state index contributed by atoms with van der Waals surface area (Å²) >= 11 is 0. The smallest absolute Gasteiger partial charge is 0.123 e. The molecule has 3 nitrogen and oxygen atoms in total. The Kier molecular flexibility index (Phi) is 5.23. The van der Waals surface area contributed by atoms with Crippen LogP contribution in [0.15, 0.2) is 24.3 Å². The van der Waals surface area contributed by atoms with Crippen LogP contribution in [0, 0.1) is 0 Å². The zero-order valence-electron chi connectivity index (χ0n) is 12.4. The maximum absolute atomic E-state index is 5.49. The molecule has 2 rings (SSSR count). The predicted octanol–water partition coefficient (Wildman–Crippen LogP) is 2.83. The van der Waals surface area contributed by atoms with Crippen molar-refractivity contribution in [3.63, 3.8) is 0 Å². The van der Waals surface area contributed by atoms with Gasteiger partial charge in [-0.15, -0.1) is 0 Å². The Balaban J connectivity index is 2.10. The van der Waals surface area contributed by atoms with Crippen LogP contribution in [0.1, 0.15) is 37.8 Å². The number of rotatable bonds is 4. The molecule has 0 aromatic heterocycles. The van der Waals surface area contributed by atoms with Crippen molar-refractivity contribution in [3.8, 4) is 5.75 Å². The molecule has 1 aliphatic heterocycles. The lowest BCUT2D eigenvalue weighted by Crippen LogP contribution is -2.34. The van der Waals surface area contributed by atoms with Gasteiger partial charge in [0, 0.05) is 17.6 Å². The number of nitrogens with zero attached hydrogens (tertiary/aromatic N) is 1. The second-order valence-electron chi connectivity index (χ2n) is 5.42. The number of hydrogen-bond acceptors (Lipinski definition) is 3. The summed E-state index contributed by atoms with van der Waals surface area (Å²) in [4.78, 5) is 2.50. The van der Waals surface area contributed by atoms with Gasteiger partial charge in [-0.2, -0.15) is 0 Å². The summed E-state index contributed by atoms with van der Waals surface area (Å²) in [5, 5.41) is 3.48. The Morgan fingerprint density at radius 2 is 2.05 bits per heavy atom. The first kappa shape index (κ1) is 14.4. The van der Waals surface area contributed by atoms with Crippen molar-refractivity contribution < 1.29 is 4.74 Å². The van der Waals surface area contributed by atoms with E-state index in [4.69, 9.17) is 4.74 Å². The van der Waals surface area contributed by atoms with Gasteiger partial charge in [0.25, 0.3) is 0 Å². The Hall–Kier alpha value is -1.06. The van der Waals surface area contributed by atoms with Crippen LogP contribution in [0.4, 0.5) is 0 Å². The summed E-state index contributed by atoms with van der Waals surface area (Å²) in [6.07, 6.45) is 3.78. The molecular formula is C16H26N2O. The summed E-state index contributed by atoms with van der Waals surface area (Å²) in [5.74, 6) is 0.994. The average Bonchev–Trinajstić information content (AvgIpc) is 2.74. The third kappa shape index (κ3) is 3.48. The molecular weight excluding hydrogens is 236 g/mol. The summed E-state index contributed by atoms with van der Waals surface area (Å²) < 4.78 is 5.49. The molecule has 1 aromatic carbocycles. The second kappa shape index (κ2) is 6.92. The lowest BCUT2D eigenvalue weighted by molar-refractivity contribution is 0.168. The predicted molar refractivity (Wildman–Crippen MR) is 79.7 cm³/mol. The van der Waals surface area contributed by atoms with Crippen LogP contribution >= 0.6 is 0 Å². The van der Waals surface area contributed by atoms with Crippen LogP contribution < -0.4 is 10.1 Å². The van der Waals surface area contributed by atoms with Gasteiger partial charge in [0.05, 0.1) is 7.11 Å². The molecule has 2 atom stereocenters. The minimum atomic E-state index is 0.388. The molecule has 1 aromatic rings. The van der Waals surface area contributed by atoms with Crippen LogP contribution in [-0.4, -0.2) is 38.2 Å². The first-order valence-corrected chi connectivity index (χ1v) is 7.29. The highest BCUT2D eigenvalue weighted by atomic mass is 16.5. The number of benzene rings is 1.